The fourth-order valence-electron chi connectivity index (χ4n) is 2.84. The average Bonchev–Trinajstić information content (AvgIpc) is 3.06. The molecule has 2 aromatic heterocycles. The number of aliphatic imine (C=N–C) groups is 1. The van der Waals surface area contributed by atoms with Gasteiger partial charge in [0, 0.05) is 49.1 Å². The van der Waals surface area contributed by atoms with Gasteiger partial charge in [0.25, 0.3) is 0 Å². The Morgan fingerprint density at radius 2 is 2.00 bits per heavy atom. The van der Waals surface area contributed by atoms with E-state index in [1.54, 1.807) is 6.20 Å². The second-order valence-electron chi connectivity index (χ2n) is 5.91. The molecule has 0 aliphatic carbocycles. The Morgan fingerprint density at radius 3 is 2.81 bits per heavy atom. The van der Waals surface area contributed by atoms with Crippen molar-refractivity contribution in [2.75, 3.05) is 19.6 Å². The van der Waals surface area contributed by atoms with Crippen molar-refractivity contribution in [3.05, 3.63) is 66.1 Å². The van der Waals surface area contributed by atoms with Crippen molar-refractivity contribution in [1.82, 2.24) is 20.6 Å². The molecule has 3 rings (SSSR count). The van der Waals surface area contributed by atoms with Gasteiger partial charge < -0.3 is 15.6 Å². The van der Waals surface area contributed by atoms with E-state index in [-0.39, 0.29) is 24.0 Å². The van der Waals surface area contributed by atoms with Crippen LogP contribution < -0.4 is 10.6 Å². The first-order chi connectivity index (χ1) is 12.4. The van der Waals surface area contributed by atoms with Gasteiger partial charge in [-0.05, 0) is 43.0 Å². The van der Waals surface area contributed by atoms with Gasteiger partial charge in [0.2, 0.25) is 0 Å². The standard InChI is InChI=1S/C20H25N5.HI/c1-2-22-20(23-12-9-16-6-5-11-21-14-16)24-13-10-17-15-25-19-8-4-3-7-18(17)19;/h3-8,11,14-15,25H,2,9-10,12-13H2,1H3,(H2,22,23,24);1H. The van der Waals surface area contributed by atoms with Crippen LogP contribution in [0.5, 0.6) is 0 Å². The Bertz CT molecular complexity index is 813. The molecule has 0 spiro atoms. The van der Waals surface area contributed by atoms with E-state index >= 15 is 0 Å². The molecule has 0 unspecified atom stereocenters. The van der Waals surface area contributed by atoms with Crippen LogP contribution in [0.15, 0.2) is 60.0 Å². The summed E-state index contributed by atoms with van der Waals surface area (Å²) in [5.74, 6) is 0.867. The van der Waals surface area contributed by atoms with E-state index in [1.165, 1.54) is 22.0 Å². The van der Waals surface area contributed by atoms with Gasteiger partial charge in [-0.2, -0.15) is 0 Å². The van der Waals surface area contributed by atoms with Crippen molar-refractivity contribution < 1.29 is 0 Å². The summed E-state index contributed by atoms with van der Waals surface area (Å²) in [6.45, 7) is 4.53. The molecule has 3 aromatic rings. The number of nitrogens with zero attached hydrogens (tertiary/aromatic N) is 2. The van der Waals surface area contributed by atoms with Crippen LogP contribution in [-0.2, 0) is 12.8 Å². The van der Waals surface area contributed by atoms with E-state index in [2.05, 4.69) is 64.1 Å². The van der Waals surface area contributed by atoms with Gasteiger partial charge in [0.15, 0.2) is 5.96 Å². The van der Waals surface area contributed by atoms with Crippen LogP contribution in [0, 0.1) is 0 Å². The Morgan fingerprint density at radius 1 is 1.12 bits per heavy atom. The third-order valence-corrected chi connectivity index (χ3v) is 4.10. The van der Waals surface area contributed by atoms with E-state index in [9.17, 15) is 0 Å². The third-order valence-electron chi connectivity index (χ3n) is 4.10. The zero-order chi connectivity index (χ0) is 17.3. The molecule has 0 aliphatic rings. The van der Waals surface area contributed by atoms with Crippen molar-refractivity contribution in [3.63, 3.8) is 0 Å². The summed E-state index contributed by atoms with van der Waals surface area (Å²) in [7, 11) is 0. The van der Waals surface area contributed by atoms with Crippen LogP contribution in [0.4, 0.5) is 0 Å². The number of halogens is 1. The molecule has 2 heterocycles. The highest BCUT2D eigenvalue weighted by atomic mass is 127. The van der Waals surface area contributed by atoms with Crippen molar-refractivity contribution in [2.45, 2.75) is 19.8 Å². The molecule has 0 amide bonds. The first kappa shape index (κ1) is 20.2. The smallest absolute Gasteiger partial charge is 0.191 e. The number of rotatable bonds is 7. The normalized spacial score (nSPS) is 11.2. The van der Waals surface area contributed by atoms with Gasteiger partial charge in [0.05, 0.1) is 0 Å². The van der Waals surface area contributed by atoms with Crippen molar-refractivity contribution >= 4 is 40.8 Å². The van der Waals surface area contributed by atoms with Crippen LogP contribution in [-0.4, -0.2) is 35.6 Å². The lowest BCUT2D eigenvalue weighted by Crippen LogP contribution is -2.38. The molecule has 0 bridgehead atoms. The van der Waals surface area contributed by atoms with Crippen LogP contribution in [0.2, 0.25) is 0 Å². The zero-order valence-corrected chi connectivity index (χ0v) is 17.4. The van der Waals surface area contributed by atoms with Gasteiger partial charge in [-0.25, -0.2) is 0 Å². The summed E-state index contributed by atoms with van der Waals surface area (Å²) >= 11 is 0. The number of pyridine rings is 1. The molecule has 0 saturated carbocycles. The Kier molecular flexibility index (Phi) is 8.40. The second kappa shape index (κ2) is 10.8. The topological polar surface area (TPSA) is 65.1 Å². The Balaban J connectivity index is 0.00000243. The number of hydrogen-bond donors (Lipinski definition) is 3. The lowest BCUT2D eigenvalue weighted by molar-refractivity contribution is 0.795. The number of aromatic amines is 1. The highest BCUT2D eigenvalue weighted by molar-refractivity contribution is 14.0. The van der Waals surface area contributed by atoms with E-state index in [1.807, 2.05) is 12.3 Å². The molecular weight excluding hydrogens is 437 g/mol. The SMILES string of the molecule is CCNC(=NCCc1c[nH]c2ccccc12)NCCc1cccnc1.I. The minimum absolute atomic E-state index is 0. The maximum absolute atomic E-state index is 4.69. The van der Waals surface area contributed by atoms with Crippen molar-refractivity contribution in [1.29, 1.82) is 0 Å². The lowest BCUT2D eigenvalue weighted by atomic mass is 10.1. The number of guanidine groups is 1. The minimum atomic E-state index is 0. The number of benzene rings is 1. The fourth-order valence-corrected chi connectivity index (χ4v) is 2.84. The molecule has 26 heavy (non-hydrogen) atoms. The third kappa shape index (κ3) is 5.72. The molecule has 0 radical (unpaired) electrons. The molecule has 6 heteroatoms. The molecule has 3 N–H and O–H groups in total. The van der Waals surface area contributed by atoms with Crippen LogP contribution in [0.25, 0.3) is 10.9 Å². The lowest BCUT2D eigenvalue weighted by Gasteiger charge is -2.11. The average molecular weight is 463 g/mol. The predicted molar refractivity (Wildman–Crippen MR) is 119 cm³/mol. The second-order valence-corrected chi connectivity index (χ2v) is 5.91. The first-order valence-corrected chi connectivity index (χ1v) is 8.83. The van der Waals surface area contributed by atoms with Gasteiger partial charge in [-0.15, -0.1) is 24.0 Å². The van der Waals surface area contributed by atoms with E-state index in [0.717, 1.165) is 38.4 Å². The number of hydrogen-bond acceptors (Lipinski definition) is 2. The van der Waals surface area contributed by atoms with Crippen LogP contribution in [0.1, 0.15) is 18.1 Å². The van der Waals surface area contributed by atoms with Crippen molar-refractivity contribution in [2.24, 2.45) is 4.99 Å². The number of nitrogens with one attached hydrogen (secondary N) is 3. The maximum Gasteiger partial charge on any atom is 0.191 e. The number of para-hydroxylation sites is 1. The molecular formula is C20H26IN5. The van der Waals surface area contributed by atoms with E-state index < -0.39 is 0 Å². The van der Waals surface area contributed by atoms with Crippen LogP contribution >= 0.6 is 24.0 Å². The number of fused-ring (bicyclic) bond motifs is 1. The fraction of sp³-hybridized carbons (Fsp3) is 0.300. The predicted octanol–water partition coefficient (Wildman–Crippen LogP) is 3.52. The quantitative estimate of drug-likeness (QED) is 0.286. The molecule has 0 fully saturated rings. The summed E-state index contributed by atoms with van der Waals surface area (Å²) in [6, 6.07) is 12.4. The monoisotopic (exact) mass is 463 g/mol. The van der Waals surface area contributed by atoms with Crippen LogP contribution in [0.3, 0.4) is 0 Å². The number of aromatic nitrogens is 2. The highest BCUT2D eigenvalue weighted by Gasteiger charge is 2.03. The molecule has 1 aromatic carbocycles. The number of H-pyrrole nitrogens is 1. The van der Waals surface area contributed by atoms with E-state index in [4.69, 9.17) is 4.99 Å². The first-order valence-electron chi connectivity index (χ1n) is 8.83. The Labute approximate surface area is 171 Å². The van der Waals surface area contributed by atoms with Gasteiger partial charge >= 0.3 is 0 Å². The molecule has 0 saturated heterocycles. The zero-order valence-electron chi connectivity index (χ0n) is 15.0. The Hall–Kier alpha value is -2.09. The minimum Gasteiger partial charge on any atom is -0.361 e. The molecule has 138 valence electrons. The summed E-state index contributed by atoms with van der Waals surface area (Å²) in [5, 5.41) is 7.98. The summed E-state index contributed by atoms with van der Waals surface area (Å²) in [6.07, 6.45) is 7.64. The highest BCUT2D eigenvalue weighted by Crippen LogP contribution is 2.17. The summed E-state index contributed by atoms with van der Waals surface area (Å²) in [5.41, 5.74) is 3.72. The van der Waals surface area contributed by atoms with Gasteiger partial charge in [-0.1, -0.05) is 24.3 Å². The largest absolute Gasteiger partial charge is 0.361 e. The van der Waals surface area contributed by atoms with Gasteiger partial charge in [0.1, 0.15) is 0 Å². The maximum atomic E-state index is 4.69. The van der Waals surface area contributed by atoms with E-state index in [0.29, 0.717) is 0 Å². The summed E-state index contributed by atoms with van der Waals surface area (Å²) < 4.78 is 0. The van der Waals surface area contributed by atoms with Gasteiger partial charge in [-0.3, -0.25) is 9.98 Å². The van der Waals surface area contributed by atoms with Crippen molar-refractivity contribution in [3.8, 4) is 0 Å². The molecule has 5 nitrogen and oxygen atoms in total. The summed E-state index contributed by atoms with van der Waals surface area (Å²) in [4.78, 5) is 12.2. The molecule has 0 aliphatic heterocycles. The molecule has 0 atom stereocenters.